The second kappa shape index (κ2) is 4.41. The van der Waals surface area contributed by atoms with Gasteiger partial charge in [0.2, 0.25) is 11.8 Å². The van der Waals surface area contributed by atoms with Crippen LogP contribution in [0.4, 0.5) is 0 Å². The van der Waals surface area contributed by atoms with E-state index in [9.17, 15) is 9.59 Å². The predicted molar refractivity (Wildman–Crippen MR) is 52.5 cm³/mol. The van der Waals surface area contributed by atoms with Gasteiger partial charge in [-0.1, -0.05) is 0 Å². The van der Waals surface area contributed by atoms with Crippen molar-refractivity contribution in [2.24, 2.45) is 5.73 Å². The van der Waals surface area contributed by atoms with E-state index < -0.39 is 0 Å². The van der Waals surface area contributed by atoms with Crippen molar-refractivity contribution in [3.8, 4) is 0 Å². The van der Waals surface area contributed by atoms with Crippen molar-refractivity contribution < 1.29 is 9.59 Å². The Hall–Kier alpha value is -1.10. The van der Waals surface area contributed by atoms with Gasteiger partial charge >= 0.3 is 0 Å². The first kappa shape index (κ1) is 11.0. The number of rotatable bonds is 2. The van der Waals surface area contributed by atoms with Crippen molar-refractivity contribution in [2.75, 3.05) is 13.1 Å². The quantitative estimate of drug-likeness (QED) is 0.603. The fraction of sp³-hybridized carbons (Fsp3) is 0.778. The van der Waals surface area contributed by atoms with Crippen molar-refractivity contribution in [3.63, 3.8) is 0 Å². The van der Waals surface area contributed by atoms with Crippen molar-refractivity contribution in [3.05, 3.63) is 0 Å². The van der Waals surface area contributed by atoms with Gasteiger partial charge in [-0.05, 0) is 13.8 Å². The number of primary amides is 1. The second-order valence-corrected chi connectivity index (χ2v) is 3.80. The molecule has 0 saturated carbocycles. The summed E-state index contributed by atoms with van der Waals surface area (Å²) in [4.78, 5) is 24.2. The summed E-state index contributed by atoms with van der Waals surface area (Å²) in [6, 6.07) is -0.151. The molecule has 14 heavy (non-hydrogen) atoms. The fourth-order valence-electron chi connectivity index (χ4n) is 1.68. The molecule has 1 heterocycles. The highest BCUT2D eigenvalue weighted by Gasteiger charge is 2.29. The SMILES string of the molecule is CC(C)N1CCC(=O)NCC1C(N)=O. The van der Waals surface area contributed by atoms with E-state index in [1.165, 1.54) is 0 Å². The smallest absolute Gasteiger partial charge is 0.236 e. The van der Waals surface area contributed by atoms with Gasteiger partial charge < -0.3 is 11.1 Å². The number of nitrogens with one attached hydrogen (secondary N) is 1. The minimum Gasteiger partial charge on any atom is -0.368 e. The number of carbonyl (C=O) groups excluding carboxylic acids is 2. The largest absolute Gasteiger partial charge is 0.368 e. The molecular formula is C9H17N3O2. The van der Waals surface area contributed by atoms with Gasteiger partial charge in [0, 0.05) is 25.6 Å². The summed E-state index contributed by atoms with van der Waals surface area (Å²) < 4.78 is 0. The van der Waals surface area contributed by atoms with Crippen molar-refractivity contribution in [2.45, 2.75) is 32.4 Å². The summed E-state index contributed by atoms with van der Waals surface area (Å²) in [7, 11) is 0. The summed E-state index contributed by atoms with van der Waals surface area (Å²) in [5, 5.41) is 2.68. The van der Waals surface area contributed by atoms with E-state index in [0.29, 0.717) is 19.5 Å². The van der Waals surface area contributed by atoms with E-state index in [-0.39, 0.29) is 23.9 Å². The molecule has 3 N–H and O–H groups in total. The van der Waals surface area contributed by atoms with Crippen molar-refractivity contribution in [1.82, 2.24) is 10.2 Å². The fourth-order valence-corrected chi connectivity index (χ4v) is 1.68. The number of nitrogens with two attached hydrogens (primary N) is 1. The minimum absolute atomic E-state index is 0.0144. The molecule has 0 aromatic carbocycles. The standard InChI is InChI=1S/C9H17N3O2/c1-6(2)12-4-3-8(13)11-5-7(12)9(10)14/h6-7H,3-5H2,1-2H3,(H2,10,14)(H,11,13). The normalized spacial score (nSPS) is 24.5. The maximum Gasteiger partial charge on any atom is 0.236 e. The molecule has 0 bridgehead atoms. The molecule has 0 aromatic rings. The Balaban J connectivity index is 2.75. The number of carbonyl (C=O) groups is 2. The third-order valence-corrected chi connectivity index (χ3v) is 2.48. The summed E-state index contributed by atoms with van der Waals surface area (Å²) in [6.45, 7) is 4.90. The maximum absolute atomic E-state index is 11.2. The molecule has 80 valence electrons. The topological polar surface area (TPSA) is 75.4 Å². The molecule has 1 fully saturated rings. The number of hydrogen-bond donors (Lipinski definition) is 2. The van der Waals surface area contributed by atoms with Gasteiger partial charge in [-0.15, -0.1) is 0 Å². The van der Waals surface area contributed by atoms with E-state index in [1.54, 1.807) is 0 Å². The Morgan fingerprint density at radius 2 is 2.29 bits per heavy atom. The van der Waals surface area contributed by atoms with Crippen LogP contribution in [0.25, 0.3) is 0 Å². The van der Waals surface area contributed by atoms with Gasteiger partial charge in [-0.25, -0.2) is 0 Å². The Labute approximate surface area is 83.6 Å². The van der Waals surface area contributed by atoms with Gasteiger partial charge in [0.25, 0.3) is 0 Å². The third kappa shape index (κ3) is 2.45. The van der Waals surface area contributed by atoms with Gasteiger partial charge in [0.1, 0.15) is 6.04 Å². The zero-order chi connectivity index (χ0) is 10.7. The Kier molecular flexibility index (Phi) is 3.46. The average Bonchev–Trinajstić information content (AvgIpc) is 2.26. The van der Waals surface area contributed by atoms with Gasteiger partial charge in [0.15, 0.2) is 0 Å². The Morgan fingerprint density at radius 1 is 1.64 bits per heavy atom. The van der Waals surface area contributed by atoms with Crippen LogP contribution < -0.4 is 11.1 Å². The van der Waals surface area contributed by atoms with Crippen LogP contribution in [0, 0.1) is 0 Å². The molecule has 1 saturated heterocycles. The van der Waals surface area contributed by atoms with Crippen LogP contribution in [0.2, 0.25) is 0 Å². The Bertz CT molecular complexity index is 240. The molecule has 1 rings (SSSR count). The van der Waals surface area contributed by atoms with E-state index >= 15 is 0 Å². The first-order valence-electron chi connectivity index (χ1n) is 4.84. The monoisotopic (exact) mass is 199 g/mol. The first-order chi connectivity index (χ1) is 6.52. The zero-order valence-corrected chi connectivity index (χ0v) is 8.62. The lowest BCUT2D eigenvalue weighted by molar-refractivity contribution is -0.123. The molecule has 1 unspecified atom stereocenters. The average molecular weight is 199 g/mol. The van der Waals surface area contributed by atoms with Gasteiger partial charge in [-0.2, -0.15) is 0 Å². The van der Waals surface area contributed by atoms with Crippen LogP contribution in [0.15, 0.2) is 0 Å². The summed E-state index contributed by atoms with van der Waals surface area (Å²) in [5.41, 5.74) is 5.28. The highest BCUT2D eigenvalue weighted by Crippen LogP contribution is 2.08. The van der Waals surface area contributed by atoms with E-state index in [1.807, 2.05) is 18.7 Å². The van der Waals surface area contributed by atoms with Crippen LogP contribution in [0.3, 0.4) is 0 Å². The van der Waals surface area contributed by atoms with Crippen LogP contribution in [-0.4, -0.2) is 41.9 Å². The maximum atomic E-state index is 11.2. The number of amides is 2. The lowest BCUT2D eigenvalue weighted by Gasteiger charge is -2.30. The van der Waals surface area contributed by atoms with Crippen molar-refractivity contribution >= 4 is 11.8 Å². The van der Waals surface area contributed by atoms with E-state index in [2.05, 4.69) is 5.32 Å². The summed E-state index contributed by atoms with van der Waals surface area (Å²) in [5.74, 6) is -0.389. The van der Waals surface area contributed by atoms with Crippen LogP contribution in [-0.2, 0) is 9.59 Å². The molecule has 1 aliphatic heterocycles. The third-order valence-electron chi connectivity index (χ3n) is 2.48. The highest BCUT2D eigenvalue weighted by molar-refractivity contribution is 5.83. The van der Waals surface area contributed by atoms with Crippen LogP contribution >= 0.6 is 0 Å². The number of nitrogens with zero attached hydrogens (tertiary/aromatic N) is 1. The molecular weight excluding hydrogens is 182 g/mol. The molecule has 2 amide bonds. The molecule has 0 spiro atoms. The van der Waals surface area contributed by atoms with Crippen LogP contribution in [0.1, 0.15) is 20.3 Å². The lowest BCUT2D eigenvalue weighted by Crippen LogP contribution is -2.51. The molecule has 1 atom stereocenters. The molecule has 0 aromatic heterocycles. The lowest BCUT2D eigenvalue weighted by atomic mass is 10.2. The van der Waals surface area contributed by atoms with Crippen LogP contribution in [0.5, 0.6) is 0 Å². The predicted octanol–water partition coefficient (Wildman–Crippen LogP) is -0.929. The molecule has 1 aliphatic rings. The molecule has 5 heteroatoms. The Morgan fingerprint density at radius 3 is 2.79 bits per heavy atom. The van der Waals surface area contributed by atoms with E-state index in [0.717, 1.165) is 0 Å². The summed E-state index contributed by atoms with van der Waals surface area (Å²) >= 11 is 0. The molecule has 0 aliphatic carbocycles. The van der Waals surface area contributed by atoms with Gasteiger partial charge in [0.05, 0.1) is 0 Å². The highest BCUT2D eigenvalue weighted by atomic mass is 16.2. The first-order valence-corrected chi connectivity index (χ1v) is 4.84. The second-order valence-electron chi connectivity index (χ2n) is 3.80. The zero-order valence-electron chi connectivity index (χ0n) is 8.62. The summed E-state index contributed by atoms with van der Waals surface area (Å²) in [6.07, 6.45) is 0.432. The van der Waals surface area contributed by atoms with E-state index in [4.69, 9.17) is 5.73 Å². The van der Waals surface area contributed by atoms with Gasteiger partial charge in [-0.3, -0.25) is 14.5 Å². The minimum atomic E-state index is -0.374. The number of hydrogen-bond acceptors (Lipinski definition) is 3. The molecule has 0 radical (unpaired) electrons. The van der Waals surface area contributed by atoms with Crippen molar-refractivity contribution in [1.29, 1.82) is 0 Å². The molecule has 5 nitrogen and oxygen atoms in total.